The van der Waals surface area contributed by atoms with E-state index in [-0.39, 0.29) is 0 Å². The number of nitrogens with zero attached hydrogens (tertiary/aromatic N) is 1. The predicted molar refractivity (Wildman–Crippen MR) is 51.8 cm³/mol. The van der Waals surface area contributed by atoms with Crippen LogP contribution in [0, 0.1) is 0 Å². The van der Waals surface area contributed by atoms with E-state index in [1.807, 2.05) is 6.92 Å². The maximum atomic E-state index is 4.66. The topological polar surface area (TPSA) is 21.7 Å². The Kier molecular flexibility index (Phi) is 3.89. The summed E-state index contributed by atoms with van der Waals surface area (Å²) in [6.07, 6.45) is 0. The molecular formula is C10H15NO2. The van der Waals surface area contributed by atoms with Gasteiger partial charge in [-0.2, -0.15) is 0 Å². The molecule has 0 fully saturated rings. The van der Waals surface area contributed by atoms with Crippen molar-refractivity contribution in [2.24, 2.45) is 0 Å². The lowest BCUT2D eigenvalue weighted by Crippen LogP contribution is -2.19. The number of hydroxylamine groups is 2. The molecule has 0 spiro atoms. The molecule has 0 amide bonds. The molecule has 72 valence electrons. The molecule has 0 unspecified atom stereocenters. The van der Waals surface area contributed by atoms with Gasteiger partial charge >= 0.3 is 0 Å². The van der Waals surface area contributed by atoms with E-state index in [9.17, 15) is 0 Å². The Balaban J connectivity index is 0.000000130. The van der Waals surface area contributed by atoms with E-state index >= 15 is 0 Å². The van der Waals surface area contributed by atoms with Gasteiger partial charge < -0.3 is 0 Å². The second-order valence-corrected chi connectivity index (χ2v) is 2.59. The van der Waals surface area contributed by atoms with Crippen LogP contribution in [0.25, 0.3) is 11.1 Å². The number of hydrogen-bond donors (Lipinski definition) is 0. The number of hydrogen-bond acceptors (Lipinski definition) is 3. The van der Waals surface area contributed by atoms with Crippen LogP contribution < -0.4 is 0 Å². The molecule has 3 nitrogen and oxygen atoms in total. The molecule has 0 aromatic heterocycles. The Bertz CT molecular complexity index is 236. The standard InChI is InChI=1S/C6H4.C4H11NO2/c1-2-5-4-6(5)3-1;1-4-5(6-2)7-3/h1-4H;4H2,1-3H3. The quantitative estimate of drug-likeness (QED) is 0.677. The van der Waals surface area contributed by atoms with Crippen molar-refractivity contribution in [1.82, 2.24) is 5.23 Å². The van der Waals surface area contributed by atoms with Gasteiger partial charge in [0.1, 0.15) is 0 Å². The highest BCUT2D eigenvalue weighted by molar-refractivity contribution is 5.80. The molecule has 0 aromatic carbocycles. The normalized spacial score (nSPS) is 10.8. The summed E-state index contributed by atoms with van der Waals surface area (Å²) in [6.45, 7) is 2.68. The van der Waals surface area contributed by atoms with Crippen LogP contribution in [0.5, 0.6) is 0 Å². The monoisotopic (exact) mass is 181 g/mol. The maximum Gasteiger partial charge on any atom is 0.0601 e. The third-order valence-corrected chi connectivity index (χ3v) is 1.78. The van der Waals surface area contributed by atoms with E-state index in [1.54, 1.807) is 14.2 Å². The summed E-state index contributed by atoms with van der Waals surface area (Å²) in [6, 6.07) is 8.48. The molecule has 0 bridgehead atoms. The van der Waals surface area contributed by atoms with Crippen molar-refractivity contribution in [2.45, 2.75) is 6.92 Å². The van der Waals surface area contributed by atoms with Gasteiger partial charge in [0, 0.05) is 6.54 Å². The second-order valence-electron chi connectivity index (χ2n) is 2.59. The van der Waals surface area contributed by atoms with Gasteiger partial charge in [0.15, 0.2) is 0 Å². The highest BCUT2D eigenvalue weighted by atomic mass is 16.9. The highest BCUT2D eigenvalue weighted by Gasteiger charge is 2.06. The van der Waals surface area contributed by atoms with E-state index < -0.39 is 0 Å². The molecule has 0 heterocycles. The predicted octanol–water partition coefficient (Wildman–Crippen LogP) is 2.10. The van der Waals surface area contributed by atoms with Crippen LogP contribution in [0.15, 0.2) is 24.3 Å². The third kappa shape index (κ3) is 3.14. The summed E-state index contributed by atoms with van der Waals surface area (Å²) in [4.78, 5) is 9.32. The molecule has 0 atom stereocenters. The van der Waals surface area contributed by atoms with Crippen LogP contribution >= 0.6 is 0 Å². The Morgan fingerprint density at radius 2 is 1.69 bits per heavy atom. The van der Waals surface area contributed by atoms with E-state index in [0.29, 0.717) is 0 Å². The van der Waals surface area contributed by atoms with Crippen LogP contribution in [0.1, 0.15) is 6.92 Å². The first kappa shape index (κ1) is 10.2. The van der Waals surface area contributed by atoms with Gasteiger partial charge in [0.2, 0.25) is 0 Å². The van der Waals surface area contributed by atoms with Crippen molar-refractivity contribution in [3.05, 3.63) is 24.3 Å². The van der Waals surface area contributed by atoms with Crippen molar-refractivity contribution in [3.8, 4) is 11.1 Å². The Labute approximate surface area is 78.8 Å². The SMILES string of the molecule is CCN(OC)OC.c1cc2cc-2c1. The fourth-order valence-corrected chi connectivity index (χ4v) is 1.01. The zero-order chi connectivity index (χ0) is 9.68. The minimum atomic E-state index is 0.743. The molecule has 13 heavy (non-hydrogen) atoms. The van der Waals surface area contributed by atoms with E-state index in [4.69, 9.17) is 0 Å². The first-order valence-electron chi connectivity index (χ1n) is 4.28. The molecule has 0 aromatic rings. The molecule has 3 heteroatoms. The molecular weight excluding hydrogens is 166 g/mol. The van der Waals surface area contributed by atoms with Gasteiger partial charge in [-0.25, -0.2) is 0 Å². The van der Waals surface area contributed by atoms with Gasteiger partial charge in [-0.3, -0.25) is 9.68 Å². The van der Waals surface area contributed by atoms with Gasteiger partial charge in [-0.05, 0) is 24.1 Å². The summed E-state index contributed by atoms with van der Waals surface area (Å²) in [7, 11) is 3.12. The van der Waals surface area contributed by atoms with Crippen molar-refractivity contribution in [2.75, 3.05) is 20.8 Å². The zero-order valence-corrected chi connectivity index (χ0v) is 8.28. The van der Waals surface area contributed by atoms with E-state index in [1.165, 1.54) is 16.4 Å². The minimum Gasteiger partial charge on any atom is -0.278 e. The van der Waals surface area contributed by atoms with Crippen LogP contribution in [0.4, 0.5) is 0 Å². The number of fused-ring (bicyclic) bond motifs is 1. The highest BCUT2D eigenvalue weighted by Crippen LogP contribution is 2.32. The smallest absolute Gasteiger partial charge is 0.0601 e. The average Bonchev–Trinajstić information content (AvgIpc) is 2.78. The van der Waals surface area contributed by atoms with Crippen LogP contribution in [0.2, 0.25) is 0 Å². The summed E-state index contributed by atoms with van der Waals surface area (Å²) in [5, 5.41) is 1.38. The third-order valence-electron chi connectivity index (χ3n) is 1.78. The summed E-state index contributed by atoms with van der Waals surface area (Å²) in [5.41, 5.74) is 2.85. The summed E-state index contributed by atoms with van der Waals surface area (Å²) >= 11 is 0. The molecule has 2 aliphatic rings. The number of benzene rings is 1. The van der Waals surface area contributed by atoms with Crippen molar-refractivity contribution >= 4 is 0 Å². The Hall–Kier alpha value is -0.900. The molecule has 0 radical (unpaired) electrons. The average molecular weight is 181 g/mol. The molecule has 2 aliphatic carbocycles. The molecule has 0 N–H and O–H groups in total. The molecule has 0 saturated carbocycles. The first-order valence-corrected chi connectivity index (χ1v) is 4.28. The van der Waals surface area contributed by atoms with E-state index in [0.717, 1.165) is 6.54 Å². The number of rotatable bonds is 3. The van der Waals surface area contributed by atoms with Crippen LogP contribution in [-0.2, 0) is 9.68 Å². The fourth-order valence-electron chi connectivity index (χ4n) is 1.01. The van der Waals surface area contributed by atoms with Crippen molar-refractivity contribution in [3.63, 3.8) is 0 Å². The lowest BCUT2D eigenvalue weighted by molar-refractivity contribution is -0.339. The summed E-state index contributed by atoms with van der Waals surface area (Å²) in [5.74, 6) is 0. The molecule has 2 rings (SSSR count). The van der Waals surface area contributed by atoms with Gasteiger partial charge in [-0.1, -0.05) is 23.4 Å². The Morgan fingerprint density at radius 1 is 1.15 bits per heavy atom. The van der Waals surface area contributed by atoms with E-state index in [2.05, 4.69) is 33.9 Å². The van der Waals surface area contributed by atoms with Crippen molar-refractivity contribution in [1.29, 1.82) is 0 Å². The first-order chi connectivity index (χ1) is 6.31. The Morgan fingerprint density at radius 3 is 1.77 bits per heavy atom. The van der Waals surface area contributed by atoms with Crippen LogP contribution in [0.3, 0.4) is 0 Å². The maximum absolute atomic E-state index is 4.66. The largest absolute Gasteiger partial charge is 0.278 e. The molecule has 0 aliphatic heterocycles. The minimum absolute atomic E-state index is 0.743. The van der Waals surface area contributed by atoms with Gasteiger partial charge in [0.25, 0.3) is 0 Å². The van der Waals surface area contributed by atoms with Gasteiger partial charge in [0.05, 0.1) is 14.2 Å². The second kappa shape index (κ2) is 4.97. The lowest BCUT2D eigenvalue weighted by atomic mass is 10.6. The van der Waals surface area contributed by atoms with Crippen LogP contribution in [-0.4, -0.2) is 26.0 Å². The zero-order valence-electron chi connectivity index (χ0n) is 8.28. The van der Waals surface area contributed by atoms with Gasteiger partial charge in [-0.15, -0.1) is 0 Å². The lowest BCUT2D eigenvalue weighted by Gasteiger charge is -2.11. The van der Waals surface area contributed by atoms with Crippen molar-refractivity contribution < 1.29 is 9.68 Å². The molecule has 0 saturated heterocycles. The fraction of sp³-hybridized carbons (Fsp3) is 0.400. The summed E-state index contributed by atoms with van der Waals surface area (Å²) < 4.78 is 0.